The first-order chi connectivity index (χ1) is 6.76. The first-order valence-corrected chi connectivity index (χ1v) is 5.06. The van der Waals surface area contributed by atoms with Crippen molar-refractivity contribution in [3.63, 3.8) is 0 Å². The van der Waals surface area contributed by atoms with E-state index in [0.29, 0.717) is 6.42 Å². The lowest BCUT2D eigenvalue weighted by molar-refractivity contribution is -0.155. The smallest absolute Gasteiger partial charge is 0.308 e. The molecule has 0 aromatic rings. The van der Waals surface area contributed by atoms with Gasteiger partial charge in [-0.3, -0.25) is 9.59 Å². The molecular weight excluding hydrogens is 196 g/mol. The van der Waals surface area contributed by atoms with E-state index in [2.05, 4.69) is 4.74 Å². The molecule has 1 atom stereocenters. The average molecular weight is 216 g/mol. The molecule has 0 aromatic heterocycles. The summed E-state index contributed by atoms with van der Waals surface area (Å²) in [5.74, 6) is -0.834. The minimum absolute atomic E-state index is 0.244. The van der Waals surface area contributed by atoms with E-state index in [-0.39, 0.29) is 24.3 Å². The monoisotopic (exact) mass is 216 g/mol. The number of methoxy groups -OCH3 is 1. The van der Waals surface area contributed by atoms with Gasteiger partial charge >= 0.3 is 11.9 Å². The Kier molecular flexibility index (Phi) is 5.33. The second-order valence-electron chi connectivity index (χ2n) is 4.55. The van der Waals surface area contributed by atoms with Gasteiger partial charge in [0.1, 0.15) is 5.60 Å². The molecule has 1 unspecified atom stereocenters. The average Bonchev–Trinajstić information content (AvgIpc) is 2.10. The normalized spacial score (nSPS) is 13.1. The van der Waals surface area contributed by atoms with Crippen molar-refractivity contribution in [3.05, 3.63) is 0 Å². The highest BCUT2D eigenvalue weighted by atomic mass is 16.6. The molecule has 0 saturated carbocycles. The Balaban J connectivity index is 3.86. The number of esters is 2. The predicted molar refractivity (Wildman–Crippen MR) is 56.3 cm³/mol. The van der Waals surface area contributed by atoms with Crippen LogP contribution in [0.2, 0.25) is 0 Å². The molecule has 0 heterocycles. The summed E-state index contributed by atoms with van der Waals surface area (Å²) in [6.45, 7) is 7.17. The van der Waals surface area contributed by atoms with Gasteiger partial charge in [0.2, 0.25) is 0 Å². The lowest BCUT2D eigenvalue weighted by atomic mass is 10.1. The predicted octanol–water partition coefficient (Wildman–Crippen LogP) is 1.92. The fourth-order valence-corrected chi connectivity index (χ4v) is 1.05. The van der Waals surface area contributed by atoms with Crippen LogP contribution in [0.5, 0.6) is 0 Å². The summed E-state index contributed by atoms with van der Waals surface area (Å²) in [5.41, 5.74) is -0.467. The first-order valence-electron chi connectivity index (χ1n) is 5.06. The van der Waals surface area contributed by atoms with Crippen LogP contribution in [-0.2, 0) is 19.1 Å². The molecule has 15 heavy (non-hydrogen) atoms. The van der Waals surface area contributed by atoms with Gasteiger partial charge in [0.05, 0.1) is 13.0 Å². The highest BCUT2D eigenvalue weighted by Crippen LogP contribution is 2.12. The third-order valence-electron chi connectivity index (χ3n) is 1.81. The van der Waals surface area contributed by atoms with Gasteiger partial charge in [0, 0.05) is 6.42 Å². The number of rotatable bonds is 4. The lowest BCUT2D eigenvalue weighted by Gasteiger charge is -2.19. The second-order valence-corrected chi connectivity index (χ2v) is 4.55. The maximum absolute atomic E-state index is 11.3. The van der Waals surface area contributed by atoms with Crippen LogP contribution in [0.25, 0.3) is 0 Å². The Labute approximate surface area is 90.9 Å². The van der Waals surface area contributed by atoms with E-state index >= 15 is 0 Å². The van der Waals surface area contributed by atoms with Gasteiger partial charge in [0.15, 0.2) is 0 Å². The Morgan fingerprint density at radius 1 is 1.27 bits per heavy atom. The molecular formula is C11H20O4. The molecule has 0 aliphatic carbocycles. The van der Waals surface area contributed by atoms with E-state index in [9.17, 15) is 9.59 Å². The van der Waals surface area contributed by atoms with Crippen molar-refractivity contribution in [1.82, 2.24) is 0 Å². The van der Waals surface area contributed by atoms with Crippen LogP contribution in [0.4, 0.5) is 0 Å². The molecule has 0 aliphatic heterocycles. The van der Waals surface area contributed by atoms with E-state index in [1.807, 2.05) is 20.8 Å². The third kappa shape index (κ3) is 6.94. The van der Waals surface area contributed by atoms with Crippen LogP contribution in [-0.4, -0.2) is 24.6 Å². The Bertz CT molecular complexity index is 227. The maximum atomic E-state index is 11.3. The molecule has 4 nitrogen and oxygen atoms in total. The van der Waals surface area contributed by atoms with Crippen molar-refractivity contribution in [1.29, 1.82) is 0 Å². The quantitative estimate of drug-likeness (QED) is 0.674. The van der Waals surface area contributed by atoms with E-state index in [0.717, 1.165) is 0 Å². The summed E-state index contributed by atoms with van der Waals surface area (Å²) >= 11 is 0. The number of hydrogen-bond donors (Lipinski definition) is 0. The standard InChI is InChI=1S/C11H20O4/c1-8(10(13)14-5)6-7-9(12)15-11(2,3)4/h8H,6-7H2,1-5H3. The first kappa shape index (κ1) is 13.9. The van der Waals surface area contributed by atoms with Crippen LogP contribution in [0.15, 0.2) is 0 Å². The zero-order chi connectivity index (χ0) is 12.1. The molecule has 0 spiro atoms. The second kappa shape index (κ2) is 5.73. The van der Waals surface area contributed by atoms with E-state index < -0.39 is 5.60 Å². The van der Waals surface area contributed by atoms with Gasteiger partial charge in [-0.25, -0.2) is 0 Å². The van der Waals surface area contributed by atoms with Gasteiger partial charge in [-0.2, -0.15) is 0 Å². The van der Waals surface area contributed by atoms with Crippen LogP contribution >= 0.6 is 0 Å². The molecule has 0 saturated heterocycles. The molecule has 0 rings (SSSR count). The van der Waals surface area contributed by atoms with Gasteiger partial charge in [-0.05, 0) is 27.2 Å². The zero-order valence-electron chi connectivity index (χ0n) is 10.1. The highest BCUT2D eigenvalue weighted by molar-refractivity contribution is 5.74. The fourth-order valence-electron chi connectivity index (χ4n) is 1.05. The Hall–Kier alpha value is -1.06. The minimum atomic E-state index is -0.467. The number of carbonyl (C=O) groups is 2. The summed E-state index contributed by atoms with van der Waals surface area (Å²) in [7, 11) is 1.34. The SMILES string of the molecule is COC(=O)C(C)CCC(=O)OC(C)(C)C. The van der Waals surface area contributed by atoms with Crippen LogP contribution < -0.4 is 0 Å². The van der Waals surface area contributed by atoms with Crippen LogP contribution in [0, 0.1) is 5.92 Å². The minimum Gasteiger partial charge on any atom is -0.469 e. The van der Waals surface area contributed by atoms with E-state index in [4.69, 9.17) is 4.74 Å². The summed E-state index contributed by atoms with van der Waals surface area (Å²) in [4.78, 5) is 22.3. The van der Waals surface area contributed by atoms with E-state index in [1.54, 1.807) is 6.92 Å². The lowest BCUT2D eigenvalue weighted by Crippen LogP contribution is -2.24. The van der Waals surface area contributed by atoms with Crippen molar-refractivity contribution in [2.24, 2.45) is 5.92 Å². The van der Waals surface area contributed by atoms with Crippen molar-refractivity contribution in [2.75, 3.05) is 7.11 Å². The van der Waals surface area contributed by atoms with Crippen molar-refractivity contribution >= 4 is 11.9 Å². The molecule has 0 aromatic carbocycles. The van der Waals surface area contributed by atoms with Gasteiger partial charge in [0.25, 0.3) is 0 Å². The largest absolute Gasteiger partial charge is 0.469 e. The number of carbonyl (C=O) groups excluding carboxylic acids is 2. The van der Waals surface area contributed by atoms with Gasteiger partial charge in [-0.15, -0.1) is 0 Å². The van der Waals surface area contributed by atoms with Crippen LogP contribution in [0.3, 0.4) is 0 Å². The van der Waals surface area contributed by atoms with Crippen molar-refractivity contribution in [3.8, 4) is 0 Å². The summed E-state index contributed by atoms with van der Waals surface area (Å²) in [5, 5.41) is 0. The number of hydrogen-bond acceptors (Lipinski definition) is 4. The molecule has 0 N–H and O–H groups in total. The highest BCUT2D eigenvalue weighted by Gasteiger charge is 2.19. The summed E-state index contributed by atoms with van der Waals surface area (Å²) < 4.78 is 9.66. The van der Waals surface area contributed by atoms with Gasteiger partial charge < -0.3 is 9.47 Å². The fraction of sp³-hybridized carbons (Fsp3) is 0.818. The number of ether oxygens (including phenoxy) is 2. The zero-order valence-corrected chi connectivity index (χ0v) is 10.1. The Morgan fingerprint density at radius 3 is 2.20 bits per heavy atom. The Morgan fingerprint density at radius 2 is 1.80 bits per heavy atom. The molecule has 0 amide bonds. The van der Waals surface area contributed by atoms with Crippen LogP contribution in [0.1, 0.15) is 40.5 Å². The van der Waals surface area contributed by atoms with Crippen molar-refractivity contribution in [2.45, 2.75) is 46.1 Å². The van der Waals surface area contributed by atoms with E-state index in [1.165, 1.54) is 7.11 Å². The molecule has 0 bridgehead atoms. The summed E-state index contributed by atoms with van der Waals surface area (Å²) in [6.07, 6.45) is 0.703. The van der Waals surface area contributed by atoms with Gasteiger partial charge in [-0.1, -0.05) is 6.92 Å². The molecule has 4 heteroatoms. The topological polar surface area (TPSA) is 52.6 Å². The third-order valence-corrected chi connectivity index (χ3v) is 1.81. The maximum Gasteiger partial charge on any atom is 0.308 e. The summed E-state index contributed by atoms with van der Waals surface area (Å²) in [6, 6.07) is 0. The molecule has 88 valence electrons. The van der Waals surface area contributed by atoms with Crippen molar-refractivity contribution < 1.29 is 19.1 Å². The molecule has 0 aliphatic rings. The molecule has 0 fully saturated rings. The molecule has 0 radical (unpaired) electrons.